The van der Waals surface area contributed by atoms with Gasteiger partial charge in [0, 0.05) is 18.3 Å². The van der Waals surface area contributed by atoms with E-state index in [-0.39, 0.29) is 18.6 Å². The third kappa shape index (κ3) is 4.55. The molecule has 0 spiro atoms. The molecule has 1 aromatic carbocycles. The molecule has 0 fully saturated rings. The number of urea groups is 1. The number of nitrogens with one attached hydrogen (secondary N) is 2. The third-order valence-corrected chi connectivity index (χ3v) is 3.05. The zero-order valence-corrected chi connectivity index (χ0v) is 12.1. The minimum Gasteiger partial charge on any atom is -0.369 e. The SMILES string of the molecule is CC(N)c1ccc(NC(=O)NCC(C)(C)C(N)=O)cc1. The van der Waals surface area contributed by atoms with Crippen LogP contribution in [0.3, 0.4) is 0 Å². The lowest BCUT2D eigenvalue weighted by Crippen LogP contribution is -2.43. The van der Waals surface area contributed by atoms with Gasteiger partial charge < -0.3 is 22.1 Å². The predicted molar refractivity (Wildman–Crippen MR) is 79.0 cm³/mol. The van der Waals surface area contributed by atoms with E-state index in [0.29, 0.717) is 5.69 Å². The Morgan fingerprint density at radius 2 is 1.80 bits per heavy atom. The van der Waals surface area contributed by atoms with E-state index in [2.05, 4.69) is 10.6 Å². The summed E-state index contributed by atoms with van der Waals surface area (Å²) in [6, 6.07) is 6.83. The first kappa shape index (κ1) is 16.0. The van der Waals surface area contributed by atoms with Crippen molar-refractivity contribution in [3.63, 3.8) is 0 Å². The van der Waals surface area contributed by atoms with Crippen molar-refractivity contribution in [2.24, 2.45) is 16.9 Å². The van der Waals surface area contributed by atoms with Gasteiger partial charge in [-0.25, -0.2) is 4.79 Å². The Hall–Kier alpha value is -2.08. The zero-order valence-electron chi connectivity index (χ0n) is 12.1. The average Bonchev–Trinajstić information content (AvgIpc) is 2.37. The Morgan fingerprint density at radius 1 is 1.25 bits per heavy atom. The smallest absolute Gasteiger partial charge is 0.319 e. The molecule has 0 radical (unpaired) electrons. The van der Waals surface area contributed by atoms with Crippen LogP contribution in [0.5, 0.6) is 0 Å². The second kappa shape index (κ2) is 6.38. The summed E-state index contributed by atoms with van der Waals surface area (Å²) in [5.74, 6) is -0.459. The number of anilines is 1. The third-order valence-electron chi connectivity index (χ3n) is 3.05. The lowest BCUT2D eigenvalue weighted by molar-refractivity contribution is -0.125. The Kier molecular flexibility index (Phi) is 5.10. The molecule has 0 aliphatic rings. The van der Waals surface area contributed by atoms with Crippen LogP contribution in [0.25, 0.3) is 0 Å². The molecule has 20 heavy (non-hydrogen) atoms. The molecule has 1 rings (SSSR count). The second-order valence-corrected chi connectivity index (χ2v) is 5.47. The molecule has 0 saturated heterocycles. The van der Waals surface area contributed by atoms with Crippen LogP contribution in [0.1, 0.15) is 32.4 Å². The molecule has 0 bridgehead atoms. The molecule has 0 saturated carbocycles. The summed E-state index contributed by atoms with van der Waals surface area (Å²) >= 11 is 0. The van der Waals surface area contributed by atoms with E-state index in [1.807, 2.05) is 19.1 Å². The van der Waals surface area contributed by atoms with Crippen molar-refractivity contribution in [2.45, 2.75) is 26.8 Å². The minimum absolute atomic E-state index is 0.0470. The summed E-state index contributed by atoms with van der Waals surface area (Å²) in [6.45, 7) is 5.41. The number of hydrogen-bond donors (Lipinski definition) is 4. The first-order valence-corrected chi connectivity index (χ1v) is 6.42. The average molecular weight is 278 g/mol. The quantitative estimate of drug-likeness (QED) is 0.652. The van der Waals surface area contributed by atoms with Crippen LogP contribution in [0.4, 0.5) is 10.5 Å². The predicted octanol–water partition coefficient (Wildman–Crippen LogP) is 1.34. The molecule has 1 unspecified atom stereocenters. The van der Waals surface area contributed by atoms with Crippen LogP contribution in [0.15, 0.2) is 24.3 Å². The fourth-order valence-electron chi connectivity index (χ4n) is 1.43. The van der Waals surface area contributed by atoms with Gasteiger partial charge in [0.1, 0.15) is 0 Å². The largest absolute Gasteiger partial charge is 0.369 e. The topological polar surface area (TPSA) is 110 Å². The summed E-state index contributed by atoms with van der Waals surface area (Å²) in [5.41, 5.74) is 11.8. The number of rotatable bonds is 5. The Bertz CT molecular complexity index is 480. The maximum Gasteiger partial charge on any atom is 0.319 e. The van der Waals surface area contributed by atoms with Crippen LogP contribution >= 0.6 is 0 Å². The first-order valence-electron chi connectivity index (χ1n) is 6.42. The van der Waals surface area contributed by atoms with Gasteiger partial charge in [-0.3, -0.25) is 4.79 Å². The molecule has 3 amide bonds. The van der Waals surface area contributed by atoms with E-state index in [0.717, 1.165) is 5.56 Å². The maximum atomic E-state index is 11.7. The summed E-state index contributed by atoms with van der Waals surface area (Å²) in [4.78, 5) is 22.8. The number of amides is 3. The van der Waals surface area contributed by atoms with Crippen LogP contribution in [-0.2, 0) is 4.79 Å². The molecule has 0 aliphatic carbocycles. The molecule has 6 nitrogen and oxygen atoms in total. The molecule has 6 heteroatoms. The van der Waals surface area contributed by atoms with Gasteiger partial charge in [-0.2, -0.15) is 0 Å². The van der Waals surface area contributed by atoms with E-state index < -0.39 is 11.3 Å². The maximum absolute atomic E-state index is 11.7. The van der Waals surface area contributed by atoms with Crippen LogP contribution in [0, 0.1) is 5.41 Å². The lowest BCUT2D eigenvalue weighted by atomic mass is 9.93. The Labute approximate surface area is 118 Å². The van der Waals surface area contributed by atoms with Crippen LogP contribution < -0.4 is 22.1 Å². The van der Waals surface area contributed by atoms with E-state index >= 15 is 0 Å². The van der Waals surface area contributed by atoms with Crippen LogP contribution in [0.2, 0.25) is 0 Å². The van der Waals surface area contributed by atoms with Gasteiger partial charge in [0.2, 0.25) is 5.91 Å². The molecule has 0 heterocycles. The van der Waals surface area contributed by atoms with Gasteiger partial charge in [-0.05, 0) is 38.5 Å². The molecule has 0 aromatic heterocycles. The number of nitrogens with two attached hydrogens (primary N) is 2. The van der Waals surface area contributed by atoms with Crippen molar-refractivity contribution in [3.8, 4) is 0 Å². The molecular weight excluding hydrogens is 256 g/mol. The normalized spacial score (nSPS) is 12.6. The summed E-state index contributed by atoms with van der Waals surface area (Å²) < 4.78 is 0. The number of primary amides is 1. The van der Waals surface area contributed by atoms with Crippen molar-refractivity contribution in [1.82, 2.24) is 5.32 Å². The highest BCUT2D eigenvalue weighted by Crippen LogP contribution is 2.15. The number of benzene rings is 1. The van der Waals surface area contributed by atoms with Crippen molar-refractivity contribution < 1.29 is 9.59 Å². The van der Waals surface area contributed by atoms with E-state index in [4.69, 9.17) is 11.5 Å². The van der Waals surface area contributed by atoms with Gasteiger partial charge in [-0.1, -0.05) is 12.1 Å². The van der Waals surface area contributed by atoms with E-state index in [1.165, 1.54) is 0 Å². The highest BCUT2D eigenvalue weighted by atomic mass is 16.2. The van der Waals surface area contributed by atoms with Gasteiger partial charge >= 0.3 is 6.03 Å². The van der Waals surface area contributed by atoms with Gasteiger partial charge in [0.15, 0.2) is 0 Å². The molecular formula is C14H22N4O2. The van der Waals surface area contributed by atoms with Gasteiger partial charge in [-0.15, -0.1) is 0 Å². The molecule has 110 valence electrons. The lowest BCUT2D eigenvalue weighted by Gasteiger charge is -2.20. The summed E-state index contributed by atoms with van der Waals surface area (Å²) in [5, 5.41) is 5.29. The fourth-order valence-corrected chi connectivity index (χ4v) is 1.43. The first-order chi connectivity index (χ1) is 9.22. The van der Waals surface area contributed by atoms with E-state index in [1.54, 1.807) is 26.0 Å². The van der Waals surface area contributed by atoms with Crippen molar-refractivity contribution in [3.05, 3.63) is 29.8 Å². The highest BCUT2D eigenvalue weighted by molar-refractivity contribution is 5.90. The number of carbonyl (C=O) groups excluding carboxylic acids is 2. The molecule has 6 N–H and O–H groups in total. The van der Waals surface area contributed by atoms with E-state index in [9.17, 15) is 9.59 Å². The molecule has 0 aliphatic heterocycles. The molecule has 1 atom stereocenters. The fraction of sp³-hybridized carbons (Fsp3) is 0.429. The van der Waals surface area contributed by atoms with Gasteiger partial charge in [0.25, 0.3) is 0 Å². The van der Waals surface area contributed by atoms with Gasteiger partial charge in [0.05, 0.1) is 5.41 Å². The summed E-state index contributed by atoms with van der Waals surface area (Å²) in [6.07, 6.45) is 0. The standard InChI is InChI=1S/C14H22N4O2/c1-9(15)10-4-6-11(7-5-10)18-13(20)17-8-14(2,3)12(16)19/h4-7,9H,8,15H2,1-3H3,(H2,16,19)(H2,17,18,20). The van der Waals surface area contributed by atoms with Crippen molar-refractivity contribution in [1.29, 1.82) is 0 Å². The monoisotopic (exact) mass is 278 g/mol. The minimum atomic E-state index is -0.782. The summed E-state index contributed by atoms with van der Waals surface area (Å²) in [7, 11) is 0. The highest BCUT2D eigenvalue weighted by Gasteiger charge is 2.25. The van der Waals surface area contributed by atoms with Crippen molar-refractivity contribution >= 4 is 17.6 Å². The number of hydrogen-bond acceptors (Lipinski definition) is 3. The Morgan fingerprint density at radius 3 is 2.25 bits per heavy atom. The number of carbonyl (C=O) groups is 2. The second-order valence-electron chi connectivity index (χ2n) is 5.47. The van der Waals surface area contributed by atoms with Crippen LogP contribution in [-0.4, -0.2) is 18.5 Å². The van der Waals surface area contributed by atoms with Crippen molar-refractivity contribution in [2.75, 3.05) is 11.9 Å². The molecule has 1 aromatic rings. The zero-order chi connectivity index (χ0) is 15.3. The Balaban J connectivity index is 2.52.